The molecule has 0 aliphatic carbocycles. The van der Waals surface area contributed by atoms with E-state index in [0.717, 1.165) is 22.8 Å². The van der Waals surface area contributed by atoms with E-state index < -0.39 is 0 Å². The summed E-state index contributed by atoms with van der Waals surface area (Å²) in [5.74, 6) is 1.55. The molecule has 3 aromatic rings. The largest absolute Gasteiger partial charge is 0.494 e. The monoisotopic (exact) mass is 298 g/mol. The van der Waals surface area contributed by atoms with Crippen molar-refractivity contribution in [1.82, 2.24) is 19.7 Å². The zero-order chi connectivity index (χ0) is 14.7. The molecule has 0 bridgehead atoms. The normalized spacial score (nSPS) is 10.5. The maximum Gasteiger partial charge on any atom is 0.200 e. The third-order valence-electron chi connectivity index (χ3n) is 3.00. The molecule has 1 aromatic carbocycles. The van der Waals surface area contributed by atoms with Gasteiger partial charge in [0.25, 0.3) is 0 Å². The second kappa shape index (κ2) is 5.88. The van der Waals surface area contributed by atoms with Crippen molar-refractivity contribution in [3.05, 3.63) is 53.6 Å². The molecule has 3 rings (SSSR count). The van der Waals surface area contributed by atoms with Gasteiger partial charge in [-0.2, -0.15) is 5.10 Å². The smallest absolute Gasteiger partial charge is 0.200 e. The van der Waals surface area contributed by atoms with E-state index in [1.807, 2.05) is 47.9 Å². The SMILES string of the molecule is CCOc1cccc(-n2c(-c3ccncc3)n[nH]c2=S)c1. The molecule has 0 aliphatic rings. The van der Waals surface area contributed by atoms with E-state index >= 15 is 0 Å². The van der Waals surface area contributed by atoms with Crippen LogP contribution in [0.5, 0.6) is 5.75 Å². The molecule has 2 heterocycles. The summed E-state index contributed by atoms with van der Waals surface area (Å²) in [6.45, 7) is 2.58. The predicted octanol–water partition coefficient (Wildman–Crippen LogP) is 3.39. The van der Waals surface area contributed by atoms with E-state index in [1.165, 1.54) is 0 Å². The lowest BCUT2D eigenvalue weighted by Gasteiger charge is -2.09. The Morgan fingerprint density at radius 2 is 2.05 bits per heavy atom. The maximum atomic E-state index is 5.54. The van der Waals surface area contributed by atoms with E-state index in [1.54, 1.807) is 12.4 Å². The van der Waals surface area contributed by atoms with Gasteiger partial charge in [-0.1, -0.05) is 6.07 Å². The quantitative estimate of drug-likeness (QED) is 0.750. The van der Waals surface area contributed by atoms with Gasteiger partial charge >= 0.3 is 0 Å². The maximum absolute atomic E-state index is 5.54. The lowest BCUT2D eigenvalue weighted by molar-refractivity contribution is 0.340. The zero-order valence-corrected chi connectivity index (χ0v) is 12.3. The number of ether oxygens (including phenoxy) is 1. The van der Waals surface area contributed by atoms with E-state index in [9.17, 15) is 0 Å². The summed E-state index contributed by atoms with van der Waals surface area (Å²) >= 11 is 5.35. The topological polar surface area (TPSA) is 55.7 Å². The first-order chi connectivity index (χ1) is 10.3. The zero-order valence-electron chi connectivity index (χ0n) is 11.5. The van der Waals surface area contributed by atoms with Crippen LogP contribution in [-0.4, -0.2) is 26.4 Å². The van der Waals surface area contributed by atoms with Crippen LogP contribution >= 0.6 is 12.2 Å². The van der Waals surface area contributed by atoms with Crippen LogP contribution in [-0.2, 0) is 0 Å². The first kappa shape index (κ1) is 13.5. The lowest BCUT2D eigenvalue weighted by atomic mass is 10.2. The Kier molecular flexibility index (Phi) is 3.79. The van der Waals surface area contributed by atoms with Crippen molar-refractivity contribution < 1.29 is 4.74 Å². The van der Waals surface area contributed by atoms with Crippen molar-refractivity contribution in [3.8, 4) is 22.8 Å². The average Bonchev–Trinajstić information content (AvgIpc) is 2.90. The molecule has 6 heteroatoms. The number of hydrogen-bond acceptors (Lipinski definition) is 4. The third kappa shape index (κ3) is 2.71. The minimum atomic E-state index is 0.537. The third-order valence-corrected chi connectivity index (χ3v) is 3.27. The van der Waals surface area contributed by atoms with Crippen LogP contribution in [0.25, 0.3) is 17.1 Å². The Balaban J connectivity index is 2.13. The molecular formula is C15H14N4OS. The highest BCUT2D eigenvalue weighted by atomic mass is 32.1. The van der Waals surface area contributed by atoms with E-state index in [4.69, 9.17) is 17.0 Å². The van der Waals surface area contributed by atoms with Crippen LogP contribution in [0, 0.1) is 4.77 Å². The van der Waals surface area contributed by atoms with Crippen molar-refractivity contribution in [3.63, 3.8) is 0 Å². The number of nitrogens with one attached hydrogen (secondary N) is 1. The van der Waals surface area contributed by atoms with Crippen molar-refractivity contribution >= 4 is 12.2 Å². The van der Waals surface area contributed by atoms with Gasteiger partial charge in [-0.3, -0.25) is 14.6 Å². The molecule has 0 atom stereocenters. The van der Waals surface area contributed by atoms with Crippen molar-refractivity contribution in [1.29, 1.82) is 0 Å². The van der Waals surface area contributed by atoms with Crippen LogP contribution in [0.15, 0.2) is 48.8 Å². The minimum Gasteiger partial charge on any atom is -0.494 e. The summed E-state index contributed by atoms with van der Waals surface area (Å²) in [5, 5.41) is 7.16. The number of hydrogen-bond donors (Lipinski definition) is 1. The molecule has 0 unspecified atom stereocenters. The molecule has 0 saturated heterocycles. The Morgan fingerprint density at radius 1 is 1.24 bits per heavy atom. The Morgan fingerprint density at radius 3 is 2.81 bits per heavy atom. The van der Waals surface area contributed by atoms with Gasteiger partial charge in [-0.15, -0.1) is 0 Å². The summed E-state index contributed by atoms with van der Waals surface area (Å²) in [7, 11) is 0. The number of nitrogens with zero attached hydrogens (tertiary/aromatic N) is 3. The fourth-order valence-corrected chi connectivity index (χ4v) is 2.35. The standard InChI is InChI=1S/C15H14N4OS/c1-2-20-13-5-3-4-12(10-13)19-14(17-18-15(19)21)11-6-8-16-9-7-11/h3-10H,2H2,1H3,(H,18,21). The van der Waals surface area contributed by atoms with Gasteiger partial charge in [0, 0.05) is 24.0 Å². The molecule has 0 fully saturated rings. The van der Waals surface area contributed by atoms with Crippen molar-refractivity contribution in [2.75, 3.05) is 6.61 Å². The molecule has 1 N–H and O–H groups in total. The number of H-pyrrole nitrogens is 1. The highest BCUT2D eigenvalue weighted by Gasteiger charge is 2.11. The summed E-state index contributed by atoms with van der Waals surface area (Å²) in [6, 6.07) is 11.6. The fourth-order valence-electron chi connectivity index (χ4n) is 2.11. The summed E-state index contributed by atoms with van der Waals surface area (Å²) in [4.78, 5) is 4.03. The van der Waals surface area contributed by atoms with Crippen LogP contribution in [0.2, 0.25) is 0 Å². The van der Waals surface area contributed by atoms with Crippen LogP contribution in [0.1, 0.15) is 6.92 Å². The molecule has 5 nitrogen and oxygen atoms in total. The van der Waals surface area contributed by atoms with Gasteiger partial charge in [-0.05, 0) is 43.4 Å². The van der Waals surface area contributed by atoms with Gasteiger partial charge in [0.2, 0.25) is 0 Å². The molecule has 0 aliphatic heterocycles. The average molecular weight is 298 g/mol. The fraction of sp³-hybridized carbons (Fsp3) is 0.133. The molecule has 106 valence electrons. The summed E-state index contributed by atoms with van der Waals surface area (Å²) < 4.78 is 7.96. The summed E-state index contributed by atoms with van der Waals surface area (Å²) in [5.41, 5.74) is 1.85. The number of rotatable bonds is 4. The first-order valence-corrected chi connectivity index (χ1v) is 7.01. The van der Waals surface area contributed by atoms with Gasteiger partial charge in [0.1, 0.15) is 5.75 Å². The summed E-state index contributed by atoms with van der Waals surface area (Å²) in [6.07, 6.45) is 3.46. The Hall–Kier alpha value is -2.47. The number of pyridine rings is 1. The van der Waals surface area contributed by atoms with E-state index in [2.05, 4.69) is 15.2 Å². The predicted molar refractivity (Wildman–Crippen MR) is 83.1 cm³/mol. The second-order valence-electron chi connectivity index (χ2n) is 4.35. The van der Waals surface area contributed by atoms with Crippen molar-refractivity contribution in [2.24, 2.45) is 0 Å². The van der Waals surface area contributed by atoms with Gasteiger partial charge in [0.05, 0.1) is 12.3 Å². The van der Waals surface area contributed by atoms with Gasteiger partial charge in [-0.25, -0.2) is 0 Å². The lowest BCUT2D eigenvalue weighted by Crippen LogP contribution is -1.99. The molecular weight excluding hydrogens is 284 g/mol. The Labute approximate surface area is 127 Å². The Bertz CT molecular complexity index is 795. The highest BCUT2D eigenvalue weighted by Crippen LogP contribution is 2.23. The van der Waals surface area contributed by atoms with E-state index in [-0.39, 0.29) is 0 Å². The van der Waals surface area contributed by atoms with Gasteiger partial charge < -0.3 is 4.74 Å². The van der Waals surface area contributed by atoms with Gasteiger partial charge in [0.15, 0.2) is 10.6 Å². The van der Waals surface area contributed by atoms with E-state index in [0.29, 0.717) is 11.4 Å². The van der Waals surface area contributed by atoms with Crippen LogP contribution in [0.4, 0.5) is 0 Å². The number of benzene rings is 1. The van der Waals surface area contributed by atoms with Crippen molar-refractivity contribution in [2.45, 2.75) is 6.92 Å². The second-order valence-corrected chi connectivity index (χ2v) is 4.74. The number of aromatic nitrogens is 4. The molecule has 0 spiro atoms. The minimum absolute atomic E-state index is 0.537. The highest BCUT2D eigenvalue weighted by molar-refractivity contribution is 7.71. The molecule has 0 saturated carbocycles. The molecule has 0 radical (unpaired) electrons. The van der Waals surface area contributed by atoms with Crippen LogP contribution in [0.3, 0.4) is 0 Å². The first-order valence-electron chi connectivity index (χ1n) is 6.60. The molecule has 21 heavy (non-hydrogen) atoms. The van der Waals surface area contributed by atoms with Crippen LogP contribution < -0.4 is 4.74 Å². The number of aromatic amines is 1. The molecule has 2 aromatic heterocycles. The molecule has 0 amide bonds.